The summed E-state index contributed by atoms with van der Waals surface area (Å²) >= 11 is 1.72. The number of hydrogen-bond donors (Lipinski definition) is 3. The molecule has 1 aliphatic heterocycles. The fourth-order valence-corrected chi connectivity index (χ4v) is 5.91. The number of ether oxygens (including phenoxy) is 1. The van der Waals surface area contributed by atoms with Crippen molar-refractivity contribution < 1.29 is 19.8 Å². The molecule has 1 atom stereocenters. The summed E-state index contributed by atoms with van der Waals surface area (Å²) in [6, 6.07) is 11.5. The first-order valence-corrected chi connectivity index (χ1v) is 13.3. The van der Waals surface area contributed by atoms with Crippen molar-refractivity contribution in [3.05, 3.63) is 59.9 Å². The van der Waals surface area contributed by atoms with Crippen LogP contribution in [0.5, 0.6) is 5.75 Å². The smallest absolute Gasteiger partial charge is 0.249 e. The molecular formula is C27H34N4O4S. The van der Waals surface area contributed by atoms with E-state index in [1.54, 1.807) is 31.3 Å². The summed E-state index contributed by atoms with van der Waals surface area (Å²) in [6.07, 6.45) is 4.94. The molecule has 1 saturated heterocycles. The van der Waals surface area contributed by atoms with Gasteiger partial charge in [0.05, 0.1) is 29.2 Å². The van der Waals surface area contributed by atoms with Gasteiger partial charge >= 0.3 is 0 Å². The fourth-order valence-electron chi connectivity index (χ4n) is 5.04. The monoisotopic (exact) mass is 510 g/mol. The third-order valence-electron chi connectivity index (χ3n) is 7.24. The van der Waals surface area contributed by atoms with Gasteiger partial charge in [0.25, 0.3) is 0 Å². The second-order valence-corrected chi connectivity index (χ2v) is 10.5. The number of nitrogens with one attached hydrogen (secondary N) is 1. The third kappa shape index (κ3) is 5.98. The first-order valence-electron chi connectivity index (χ1n) is 12.3. The van der Waals surface area contributed by atoms with Crippen molar-refractivity contribution in [1.29, 1.82) is 0 Å². The number of aliphatic hydroxyl groups excluding tert-OH is 1. The van der Waals surface area contributed by atoms with Crippen LogP contribution in [0.4, 0.5) is 0 Å². The average Bonchev–Trinajstić information content (AvgIpc) is 2.92. The lowest BCUT2D eigenvalue weighted by atomic mass is 9.73. The highest BCUT2D eigenvalue weighted by atomic mass is 32.2. The van der Waals surface area contributed by atoms with E-state index in [4.69, 9.17) is 4.74 Å². The van der Waals surface area contributed by atoms with Gasteiger partial charge in [-0.2, -0.15) is 0 Å². The molecule has 0 bridgehead atoms. The van der Waals surface area contributed by atoms with Gasteiger partial charge < -0.3 is 14.7 Å². The number of nitrogens with zero attached hydrogens (tertiary/aromatic N) is 3. The standard InChI is InChI=1S/C27H34N4O4S/c1-19-18-29-22-7-6-20(35-2)17-21(22)25(19)23(32)8-9-27(26(33)30-34)10-13-31(14-11-27)15-16-36-24-5-3-4-12-28-24/h3-7,12,17-18,23,32,34H,8-11,13-16H2,1-2H3,(H,30,33). The van der Waals surface area contributed by atoms with Crippen LogP contribution in [0.2, 0.25) is 0 Å². The SMILES string of the molecule is COc1ccc2ncc(C)c(C(O)CCC3(C(=O)NO)CCN(CCSc4ccccn4)CC3)c2c1. The van der Waals surface area contributed by atoms with Crippen LogP contribution >= 0.6 is 11.8 Å². The second kappa shape index (κ2) is 12.0. The minimum absolute atomic E-state index is 0.366. The summed E-state index contributed by atoms with van der Waals surface area (Å²) < 4.78 is 5.38. The number of carbonyl (C=O) groups excluding carboxylic acids is 1. The summed E-state index contributed by atoms with van der Waals surface area (Å²) in [4.78, 5) is 24.0. The van der Waals surface area contributed by atoms with Crippen LogP contribution < -0.4 is 10.2 Å². The Morgan fingerprint density at radius 3 is 2.75 bits per heavy atom. The Morgan fingerprint density at radius 2 is 2.06 bits per heavy atom. The van der Waals surface area contributed by atoms with Gasteiger partial charge in [0.15, 0.2) is 0 Å². The van der Waals surface area contributed by atoms with Crippen molar-refractivity contribution in [1.82, 2.24) is 20.3 Å². The predicted molar refractivity (Wildman–Crippen MR) is 140 cm³/mol. The first kappa shape index (κ1) is 26.3. The number of methoxy groups -OCH3 is 1. The Bertz CT molecular complexity index is 1170. The highest BCUT2D eigenvalue weighted by molar-refractivity contribution is 7.99. The highest BCUT2D eigenvalue weighted by Crippen LogP contribution is 2.40. The summed E-state index contributed by atoms with van der Waals surface area (Å²) in [7, 11) is 1.61. The zero-order chi connectivity index (χ0) is 25.5. The summed E-state index contributed by atoms with van der Waals surface area (Å²) in [5.41, 5.74) is 3.67. The van der Waals surface area contributed by atoms with Crippen LogP contribution in [0, 0.1) is 12.3 Å². The Morgan fingerprint density at radius 1 is 1.25 bits per heavy atom. The maximum Gasteiger partial charge on any atom is 0.249 e. The van der Waals surface area contributed by atoms with Gasteiger partial charge in [-0.05, 0) is 87.2 Å². The minimum Gasteiger partial charge on any atom is -0.497 e. The number of likely N-dealkylation sites (tertiary alicyclic amines) is 1. The van der Waals surface area contributed by atoms with Gasteiger partial charge in [0.1, 0.15) is 5.75 Å². The quantitative estimate of drug-likeness (QED) is 0.212. The molecule has 2 aromatic heterocycles. The lowest BCUT2D eigenvalue weighted by Gasteiger charge is -2.40. The predicted octanol–water partition coefficient (Wildman–Crippen LogP) is 4.14. The molecule has 1 aliphatic rings. The molecule has 3 N–H and O–H groups in total. The average molecular weight is 511 g/mol. The van der Waals surface area contributed by atoms with E-state index in [-0.39, 0.29) is 5.91 Å². The number of carbonyl (C=O) groups is 1. The van der Waals surface area contributed by atoms with Gasteiger partial charge in [0, 0.05) is 30.1 Å². The molecule has 0 radical (unpaired) electrons. The van der Waals surface area contributed by atoms with Crippen molar-refractivity contribution in [2.24, 2.45) is 5.41 Å². The maximum absolute atomic E-state index is 12.8. The zero-order valence-corrected chi connectivity index (χ0v) is 21.6. The number of piperidine rings is 1. The Labute approximate surface area is 216 Å². The van der Waals surface area contributed by atoms with E-state index in [1.807, 2.05) is 48.8 Å². The first-order chi connectivity index (χ1) is 17.5. The topological polar surface area (TPSA) is 108 Å². The van der Waals surface area contributed by atoms with Crippen molar-refractivity contribution in [3.8, 4) is 5.75 Å². The van der Waals surface area contributed by atoms with Gasteiger partial charge in [-0.15, -0.1) is 11.8 Å². The van der Waals surface area contributed by atoms with Gasteiger partial charge in [-0.3, -0.25) is 15.0 Å². The number of fused-ring (bicyclic) bond motifs is 1. The number of hydrogen-bond acceptors (Lipinski definition) is 8. The Kier molecular flexibility index (Phi) is 8.79. The van der Waals surface area contributed by atoms with E-state index >= 15 is 0 Å². The number of aromatic nitrogens is 2. The number of benzene rings is 1. The van der Waals surface area contributed by atoms with Crippen molar-refractivity contribution in [2.75, 3.05) is 32.5 Å². The number of hydroxylamine groups is 1. The molecule has 192 valence electrons. The number of aryl methyl sites for hydroxylation is 1. The van der Waals surface area contributed by atoms with Crippen molar-refractivity contribution in [3.63, 3.8) is 0 Å². The van der Waals surface area contributed by atoms with E-state index in [2.05, 4.69) is 14.9 Å². The molecular weight excluding hydrogens is 476 g/mol. The molecule has 4 rings (SSSR count). The Hall–Kier alpha value is -2.72. The highest BCUT2D eigenvalue weighted by Gasteiger charge is 2.41. The molecule has 8 nitrogen and oxygen atoms in total. The summed E-state index contributed by atoms with van der Waals surface area (Å²) in [5, 5.41) is 22.6. The number of aliphatic hydroxyl groups is 1. The number of pyridine rings is 2. The van der Waals surface area contributed by atoms with E-state index in [0.29, 0.717) is 31.4 Å². The Balaban J connectivity index is 1.40. The molecule has 1 amide bonds. The number of rotatable bonds is 10. The molecule has 1 unspecified atom stereocenters. The largest absolute Gasteiger partial charge is 0.497 e. The molecule has 36 heavy (non-hydrogen) atoms. The molecule has 1 aromatic carbocycles. The van der Waals surface area contributed by atoms with E-state index in [0.717, 1.165) is 52.4 Å². The third-order valence-corrected chi connectivity index (χ3v) is 8.16. The molecule has 9 heteroatoms. The van der Waals surface area contributed by atoms with E-state index in [9.17, 15) is 15.1 Å². The van der Waals surface area contributed by atoms with Crippen LogP contribution in [0.1, 0.15) is 42.9 Å². The van der Waals surface area contributed by atoms with Crippen molar-refractivity contribution in [2.45, 2.75) is 43.7 Å². The summed E-state index contributed by atoms with van der Waals surface area (Å²) in [5.74, 6) is 1.26. The number of thioether (sulfide) groups is 1. The maximum atomic E-state index is 12.8. The van der Waals surface area contributed by atoms with E-state index < -0.39 is 11.5 Å². The van der Waals surface area contributed by atoms with Gasteiger partial charge in [0.2, 0.25) is 5.91 Å². The summed E-state index contributed by atoms with van der Waals surface area (Å²) in [6.45, 7) is 4.37. The molecule has 3 heterocycles. The van der Waals surface area contributed by atoms with Gasteiger partial charge in [-0.25, -0.2) is 10.5 Å². The van der Waals surface area contributed by atoms with Crippen LogP contribution in [0.15, 0.2) is 53.8 Å². The fraction of sp³-hybridized carbons (Fsp3) is 0.444. The lowest BCUT2D eigenvalue weighted by molar-refractivity contribution is -0.143. The van der Waals surface area contributed by atoms with Crippen LogP contribution in [-0.4, -0.2) is 63.6 Å². The number of amides is 1. The lowest BCUT2D eigenvalue weighted by Crippen LogP contribution is -2.48. The normalized spacial score (nSPS) is 16.6. The van der Waals surface area contributed by atoms with E-state index in [1.165, 1.54) is 0 Å². The van der Waals surface area contributed by atoms with Gasteiger partial charge in [-0.1, -0.05) is 6.07 Å². The molecule has 1 fully saturated rings. The molecule has 0 spiro atoms. The van der Waals surface area contributed by atoms with Crippen LogP contribution in [0.25, 0.3) is 10.9 Å². The van der Waals surface area contributed by atoms with Crippen molar-refractivity contribution >= 4 is 28.6 Å². The molecule has 0 saturated carbocycles. The molecule has 0 aliphatic carbocycles. The van der Waals surface area contributed by atoms with Crippen LogP contribution in [0.3, 0.4) is 0 Å². The zero-order valence-electron chi connectivity index (χ0n) is 20.8. The van der Waals surface area contributed by atoms with Crippen LogP contribution in [-0.2, 0) is 4.79 Å². The molecule has 3 aromatic rings. The minimum atomic E-state index is -0.765. The second-order valence-electron chi connectivity index (χ2n) is 9.37.